The summed E-state index contributed by atoms with van der Waals surface area (Å²) in [5.74, 6) is -0.255. The van der Waals surface area contributed by atoms with E-state index in [0.717, 1.165) is 5.56 Å². The van der Waals surface area contributed by atoms with Gasteiger partial charge in [-0.3, -0.25) is 9.59 Å². The molecule has 4 aromatic rings. The number of carbonyl (C=O) groups excluding carboxylic acids is 2. The number of hydrogen-bond acceptors (Lipinski definition) is 5. The summed E-state index contributed by atoms with van der Waals surface area (Å²) in [6.45, 7) is -0.341. The van der Waals surface area contributed by atoms with Crippen molar-refractivity contribution in [3.8, 4) is 11.5 Å². The molecule has 0 aliphatic carbocycles. The predicted octanol–water partition coefficient (Wildman–Crippen LogP) is 7.51. The number of ether oxygens (including phenoxy) is 2. The van der Waals surface area contributed by atoms with Gasteiger partial charge in [-0.15, -0.1) is 0 Å². The molecule has 7 nitrogen and oxygen atoms in total. The van der Waals surface area contributed by atoms with Crippen LogP contribution in [0.4, 0.5) is 11.4 Å². The van der Waals surface area contributed by atoms with Crippen LogP contribution < -0.4 is 19.8 Å². The lowest BCUT2D eigenvalue weighted by molar-refractivity contribution is -0.118. The maximum Gasteiger partial charge on any atom is 0.281 e. The zero-order chi connectivity index (χ0) is 28.9. The highest BCUT2D eigenvalue weighted by Gasteiger charge is 2.32. The van der Waals surface area contributed by atoms with Gasteiger partial charge in [0.2, 0.25) is 0 Å². The predicted molar refractivity (Wildman–Crippen MR) is 163 cm³/mol. The van der Waals surface area contributed by atoms with E-state index in [1.807, 2.05) is 60.7 Å². The molecule has 0 saturated carbocycles. The first-order valence-electron chi connectivity index (χ1n) is 12.3. The lowest BCUT2D eigenvalue weighted by Gasteiger charge is -2.14. The lowest BCUT2D eigenvalue weighted by atomic mass is 10.00. The maximum absolute atomic E-state index is 13.6. The minimum atomic E-state index is -0.436. The third kappa shape index (κ3) is 6.38. The smallest absolute Gasteiger partial charge is 0.281 e. The normalized spacial score (nSPS) is 13.8. The molecule has 0 atom stereocenters. The SMILES string of the molecule is COc1cc(/C=C2\C(=O)N(c3ccccc3)N=C2c2ccccc2)cc(Cl)c1OCC(=O)Nc1ccc(Cl)c(Cl)c1. The van der Waals surface area contributed by atoms with Gasteiger partial charge in [0, 0.05) is 11.3 Å². The minimum absolute atomic E-state index is 0.182. The molecule has 1 heterocycles. The lowest BCUT2D eigenvalue weighted by Crippen LogP contribution is -2.21. The molecule has 4 aromatic carbocycles. The van der Waals surface area contributed by atoms with Crippen LogP contribution in [-0.4, -0.2) is 31.2 Å². The van der Waals surface area contributed by atoms with E-state index in [9.17, 15) is 9.59 Å². The Labute approximate surface area is 251 Å². The second kappa shape index (κ2) is 12.5. The van der Waals surface area contributed by atoms with Crippen molar-refractivity contribution < 1.29 is 19.1 Å². The molecule has 0 fully saturated rings. The number of halogens is 3. The van der Waals surface area contributed by atoms with Crippen molar-refractivity contribution in [2.75, 3.05) is 24.0 Å². The van der Waals surface area contributed by atoms with Gasteiger partial charge in [0.25, 0.3) is 11.8 Å². The van der Waals surface area contributed by atoms with Crippen molar-refractivity contribution in [1.29, 1.82) is 0 Å². The molecule has 0 bridgehead atoms. The fourth-order valence-electron chi connectivity index (χ4n) is 4.14. The molecular formula is C31H22Cl3N3O4. The molecular weight excluding hydrogens is 585 g/mol. The molecule has 1 N–H and O–H groups in total. The van der Waals surface area contributed by atoms with E-state index in [-0.39, 0.29) is 29.0 Å². The number of nitrogens with one attached hydrogen (secondary N) is 1. The number of para-hydroxylation sites is 1. The zero-order valence-corrected chi connectivity index (χ0v) is 23.9. The first-order chi connectivity index (χ1) is 19.8. The van der Waals surface area contributed by atoms with E-state index in [1.54, 1.807) is 30.3 Å². The number of benzene rings is 4. The average Bonchev–Trinajstić information content (AvgIpc) is 3.30. The summed E-state index contributed by atoms with van der Waals surface area (Å²) in [5.41, 5.74) is 3.39. The summed E-state index contributed by atoms with van der Waals surface area (Å²) in [7, 11) is 1.46. The summed E-state index contributed by atoms with van der Waals surface area (Å²) in [4.78, 5) is 26.0. The molecule has 1 aliphatic rings. The number of methoxy groups -OCH3 is 1. The molecule has 0 aromatic heterocycles. The molecule has 0 saturated heterocycles. The fraction of sp³-hybridized carbons (Fsp3) is 0.0645. The van der Waals surface area contributed by atoms with E-state index >= 15 is 0 Å². The van der Waals surface area contributed by atoms with Gasteiger partial charge in [-0.05, 0) is 54.1 Å². The van der Waals surface area contributed by atoms with Crippen molar-refractivity contribution in [3.05, 3.63) is 123 Å². The first kappa shape index (κ1) is 28.2. The molecule has 0 spiro atoms. The Morgan fingerprint density at radius 3 is 2.29 bits per heavy atom. The summed E-state index contributed by atoms with van der Waals surface area (Å²) in [6, 6.07) is 26.7. The number of rotatable bonds is 8. The highest BCUT2D eigenvalue weighted by atomic mass is 35.5. The molecule has 206 valence electrons. The van der Waals surface area contributed by atoms with E-state index in [2.05, 4.69) is 10.4 Å². The van der Waals surface area contributed by atoms with Crippen LogP contribution in [-0.2, 0) is 9.59 Å². The van der Waals surface area contributed by atoms with Crippen LogP contribution in [0.2, 0.25) is 15.1 Å². The van der Waals surface area contributed by atoms with Gasteiger partial charge in [0.15, 0.2) is 18.1 Å². The first-order valence-corrected chi connectivity index (χ1v) is 13.5. The van der Waals surface area contributed by atoms with Gasteiger partial charge in [-0.2, -0.15) is 10.1 Å². The van der Waals surface area contributed by atoms with E-state index in [0.29, 0.717) is 38.3 Å². The van der Waals surface area contributed by atoms with Crippen LogP contribution in [0.1, 0.15) is 11.1 Å². The minimum Gasteiger partial charge on any atom is -0.493 e. The Morgan fingerprint density at radius 2 is 1.61 bits per heavy atom. The number of carbonyl (C=O) groups is 2. The van der Waals surface area contributed by atoms with Crippen LogP contribution in [0.15, 0.2) is 102 Å². The third-order valence-electron chi connectivity index (χ3n) is 6.04. The van der Waals surface area contributed by atoms with Crippen LogP contribution >= 0.6 is 34.8 Å². The molecule has 2 amide bonds. The standard InChI is InChI=1S/C31H22Cl3N3O4/c1-40-27-16-19(15-26(34)30(27)41-18-28(38)35-21-12-13-24(32)25(33)17-21)14-23-29(20-8-4-2-5-9-20)36-37(31(23)39)22-10-6-3-7-11-22/h2-17H,18H2,1H3,(H,35,38)/b23-14-. The molecule has 0 unspecified atom stereocenters. The highest BCUT2D eigenvalue weighted by molar-refractivity contribution is 6.42. The second-order valence-electron chi connectivity index (χ2n) is 8.83. The summed E-state index contributed by atoms with van der Waals surface area (Å²) in [6.07, 6.45) is 1.70. The van der Waals surface area contributed by atoms with E-state index < -0.39 is 5.91 Å². The Hall–Kier alpha value is -4.30. The van der Waals surface area contributed by atoms with Crippen LogP contribution in [0.25, 0.3) is 6.08 Å². The third-order valence-corrected chi connectivity index (χ3v) is 7.06. The summed E-state index contributed by atoms with van der Waals surface area (Å²) in [5, 5.41) is 9.59. The van der Waals surface area contributed by atoms with Crippen molar-refractivity contribution in [1.82, 2.24) is 0 Å². The van der Waals surface area contributed by atoms with Crippen molar-refractivity contribution in [2.45, 2.75) is 0 Å². The number of anilines is 2. The molecule has 1 aliphatic heterocycles. The Bertz CT molecular complexity index is 1680. The van der Waals surface area contributed by atoms with Gasteiger partial charge in [0.1, 0.15) is 5.71 Å². The number of hydrazone groups is 1. The highest BCUT2D eigenvalue weighted by Crippen LogP contribution is 2.38. The number of nitrogens with zero attached hydrogens (tertiary/aromatic N) is 2. The monoisotopic (exact) mass is 605 g/mol. The van der Waals surface area contributed by atoms with Crippen molar-refractivity contribution in [3.63, 3.8) is 0 Å². The number of hydrogen-bond donors (Lipinski definition) is 1. The Balaban J connectivity index is 1.41. The Kier molecular flexibility index (Phi) is 8.59. The zero-order valence-electron chi connectivity index (χ0n) is 21.6. The van der Waals surface area contributed by atoms with Crippen molar-refractivity contribution >= 4 is 69.8 Å². The van der Waals surface area contributed by atoms with Crippen LogP contribution in [0.3, 0.4) is 0 Å². The second-order valence-corrected chi connectivity index (χ2v) is 10.0. The molecule has 5 rings (SSSR count). The van der Waals surface area contributed by atoms with Crippen molar-refractivity contribution in [2.24, 2.45) is 5.10 Å². The van der Waals surface area contributed by atoms with E-state index in [4.69, 9.17) is 44.3 Å². The van der Waals surface area contributed by atoms with Gasteiger partial charge in [0.05, 0.1) is 33.4 Å². The Morgan fingerprint density at radius 1 is 0.902 bits per heavy atom. The summed E-state index contributed by atoms with van der Waals surface area (Å²) < 4.78 is 11.2. The largest absolute Gasteiger partial charge is 0.493 e. The summed E-state index contributed by atoms with van der Waals surface area (Å²) >= 11 is 18.5. The van der Waals surface area contributed by atoms with Gasteiger partial charge in [-0.1, -0.05) is 83.3 Å². The molecule has 0 radical (unpaired) electrons. The maximum atomic E-state index is 13.6. The molecule has 41 heavy (non-hydrogen) atoms. The van der Waals surface area contributed by atoms with Crippen LogP contribution in [0, 0.1) is 0 Å². The van der Waals surface area contributed by atoms with Gasteiger partial charge < -0.3 is 14.8 Å². The van der Waals surface area contributed by atoms with Crippen LogP contribution in [0.5, 0.6) is 11.5 Å². The van der Waals surface area contributed by atoms with Gasteiger partial charge >= 0.3 is 0 Å². The quantitative estimate of drug-likeness (QED) is 0.211. The number of amides is 2. The van der Waals surface area contributed by atoms with Gasteiger partial charge in [-0.25, -0.2) is 0 Å². The average molecular weight is 607 g/mol. The topological polar surface area (TPSA) is 80.2 Å². The molecule has 10 heteroatoms. The van der Waals surface area contributed by atoms with E-state index in [1.165, 1.54) is 18.2 Å². The fourth-order valence-corrected chi connectivity index (χ4v) is 4.71.